The van der Waals surface area contributed by atoms with Crippen LogP contribution in [0.3, 0.4) is 0 Å². The summed E-state index contributed by atoms with van der Waals surface area (Å²) in [7, 11) is 3.38. The van der Waals surface area contributed by atoms with Crippen molar-refractivity contribution in [2.75, 3.05) is 14.2 Å². The molecular formula is C17H27NO2. The molecule has 0 atom stereocenters. The first-order chi connectivity index (χ1) is 9.74. The van der Waals surface area contributed by atoms with Crippen LogP contribution in [0.1, 0.15) is 46.1 Å². The molecule has 0 aromatic heterocycles. The van der Waals surface area contributed by atoms with Gasteiger partial charge in [-0.3, -0.25) is 4.99 Å². The first-order valence-corrected chi connectivity index (χ1v) is 7.23. The summed E-state index contributed by atoms with van der Waals surface area (Å²) in [5, 5.41) is 0. The van der Waals surface area contributed by atoms with Crippen LogP contribution in [0.4, 0.5) is 0 Å². The van der Waals surface area contributed by atoms with Gasteiger partial charge in [-0.15, -0.1) is 0 Å². The standard InChI is InChI=1S/C15H21NO2.C2H6/c1-5-8-13(6-2)18-15(16-3)12-9-7-10-14(11-12)17-4;1-2/h7-11H,5-6H2,1-4H3;1-2H3/b13-8+,16-15?;. The van der Waals surface area contributed by atoms with Crippen LogP contribution in [0.15, 0.2) is 41.1 Å². The fourth-order valence-corrected chi connectivity index (χ4v) is 1.60. The van der Waals surface area contributed by atoms with Crippen molar-refractivity contribution in [3.05, 3.63) is 41.7 Å². The van der Waals surface area contributed by atoms with Gasteiger partial charge in [0, 0.05) is 19.0 Å². The van der Waals surface area contributed by atoms with E-state index in [1.807, 2.05) is 38.1 Å². The highest BCUT2D eigenvalue weighted by molar-refractivity contribution is 5.95. The second kappa shape index (κ2) is 11.1. The van der Waals surface area contributed by atoms with E-state index >= 15 is 0 Å². The molecule has 0 radical (unpaired) electrons. The number of hydrogen-bond acceptors (Lipinski definition) is 3. The molecule has 3 nitrogen and oxygen atoms in total. The lowest BCUT2D eigenvalue weighted by molar-refractivity contribution is 0.395. The minimum absolute atomic E-state index is 0.621. The van der Waals surface area contributed by atoms with Gasteiger partial charge in [-0.05, 0) is 30.7 Å². The van der Waals surface area contributed by atoms with E-state index in [1.54, 1.807) is 14.2 Å². The van der Waals surface area contributed by atoms with Gasteiger partial charge in [-0.25, -0.2) is 0 Å². The number of allylic oxidation sites excluding steroid dienone is 2. The van der Waals surface area contributed by atoms with Crippen LogP contribution >= 0.6 is 0 Å². The Hall–Kier alpha value is -1.77. The molecule has 0 saturated heterocycles. The van der Waals surface area contributed by atoms with Crippen molar-refractivity contribution in [3.8, 4) is 5.75 Å². The molecule has 20 heavy (non-hydrogen) atoms. The Kier molecular flexibility index (Phi) is 10.1. The molecule has 1 rings (SSSR count). The highest BCUT2D eigenvalue weighted by atomic mass is 16.5. The third-order valence-electron chi connectivity index (χ3n) is 2.53. The van der Waals surface area contributed by atoms with Gasteiger partial charge in [0.15, 0.2) is 0 Å². The Bertz CT molecular complexity index is 436. The van der Waals surface area contributed by atoms with Crippen LogP contribution in [0.2, 0.25) is 0 Å². The van der Waals surface area contributed by atoms with Gasteiger partial charge < -0.3 is 9.47 Å². The highest BCUT2D eigenvalue weighted by Gasteiger charge is 2.07. The monoisotopic (exact) mass is 277 g/mol. The lowest BCUT2D eigenvalue weighted by Gasteiger charge is -2.11. The summed E-state index contributed by atoms with van der Waals surface area (Å²) in [5.74, 6) is 2.37. The Morgan fingerprint density at radius 3 is 2.45 bits per heavy atom. The largest absolute Gasteiger partial charge is 0.497 e. The normalized spacial score (nSPS) is 11.5. The maximum atomic E-state index is 5.83. The molecule has 0 spiro atoms. The fraction of sp³-hybridized carbons (Fsp3) is 0.471. The molecule has 112 valence electrons. The van der Waals surface area contributed by atoms with Gasteiger partial charge in [-0.1, -0.05) is 33.8 Å². The van der Waals surface area contributed by atoms with Crippen molar-refractivity contribution < 1.29 is 9.47 Å². The average Bonchev–Trinajstić information content (AvgIpc) is 2.53. The summed E-state index contributed by atoms with van der Waals surface area (Å²) in [6, 6.07) is 7.71. The Labute approximate surface area is 123 Å². The van der Waals surface area contributed by atoms with Crippen LogP contribution in [0.25, 0.3) is 0 Å². The molecule has 0 heterocycles. The van der Waals surface area contributed by atoms with E-state index in [4.69, 9.17) is 9.47 Å². The molecule has 0 unspecified atom stereocenters. The minimum Gasteiger partial charge on any atom is -0.497 e. The van der Waals surface area contributed by atoms with Gasteiger partial charge in [-0.2, -0.15) is 0 Å². The summed E-state index contributed by atoms with van der Waals surface area (Å²) in [4.78, 5) is 4.20. The van der Waals surface area contributed by atoms with E-state index in [2.05, 4.69) is 24.9 Å². The summed E-state index contributed by atoms with van der Waals surface area (Å²) >= 11 is 0. The molecule has 0 aliphatic heterocycles. The molecule has 0 amide bonds. The Morgan fingerprint density at radius 2 is 1.95 bits per heavy atom. The van der Waals surface area contributed by atoms with Crippen molar-refractivity contribution in [1.82, 2.24) is 0 Å². The predicted molar refractivity (Wildman–Crippen MR) is 86.6 cm³/mol. The Morgan fingerprint density at radius 1 is 1.25 bits per heavy atom. The van der Waals surface area contributed by atoms with E-state index in [0.717, 1.165) is 29.9 Å². The third kappa shape index (κ3) is 5.91. The smallest absolute Gasteiger partial charge is 0.221 e. The zero-order chi connectivity index (χ0) is 15.4. The van der Waals surface area contributed by atoms with Gasteiger partial charge in [0.05, 0.1) is 7.11 Å². The summed E-state index contributed by atoms with van der Waals surface area (Å²) in [6.45, 7) is 8.16. The number of nitrogens with zero attached hydrogens (tertiary/aromatic N) is 1. The summed E-state index contributed by atoms with van der Waals surface area (Å²) in [6.07, 6.45) is 3.89. The molecule has 1 aromatic carbocycles. The first-order valence-electron chi connectivity index (χ1n) is 7.23. The van der Waals surface area contributed by atoms with Gasteiger partial charge in [0.2, 0.25) is 5.90 Å². The van der Waals surface area contributed by atoms with Gasteiger partial charge in [0.25, 0.3) is 0 Å². The molecule has 0 bridgehead atoms. The van der Waals surface area contributed by atoms with Crippen LogP contribution < -0.4 is 4.74 Å². The van der Waals surface area contributed by atoms with Crippen molar-refractivity contribution in [3.63, 3.8) is 0 Å². The van der Waals surface area contributed by atoms with Crippen LogP contribution in [-0.2, 0) is 4.74 Å². The molecule has 1 aromatic rings. The number of benzene rings is 1. The second-order valence-corrected chi connectivity index (χ2v) is 3.80. The topological polar surface area (TPSA) is 30.8 Å². The SMILES string of the molecule is CC.CC/C=C(\CC)OC(=NC)c1cccc(OC)c1. The Balaban J connectivity index is 0.00000172. The van der Waals surface area contributed by atoms with E-state index in [9.17, 15) is 0 Å². The van der Waals surface area contributed by atoms with Crippen molar-refractivity contribution in [1.29, 1.82) is 0 Å². The van der Waals surface area contributed by atoms with Crippen LogP contribution in [0.5, 0.6) is 5.75 Å². The van der Waals surface area contributed by atoms with Crippen molar-refractivity contribution in [2.45, 2.75) is 40.5 Å². The summed E-state index contributed by atoms with van der Waals surface area (Å²) in [5.41, 5.74) is 0.923. The highest BCUT2D eigenvalue weighted by Crippen LogP contribution is 2.16. The zero-order valence-electron chi connectivity index (χ0n) is 13.6. The molecule has 0 aliphatic rings. The predicted octanol–water partition coefficient (Wildman–Crippen LogP) is 4.82. The lowest BCUT2D eigenvalue weighted by Crippen LogP contribution is -2.06. The number of ether oxygens (including phenoxy) is 2. The second-order valence-electron chi connectivity index (χ2n) is 3.80. The van der Waals surface area contributed by atoms with Crippen LogP contribution in [-0.4, -0.2) is 20.1 Å². The van der Waals surface area contributed by atoms with E-state index in [1.165, 1.54) is 0 Å². The van der Waals surface area contributed by atoms with Crippen LogP contribution in [0, 0.1) is 0 Å². The maximum Gasteiger partial charge on any atom is 0.221 e. The number of methoxy groups -OCH3 is 1. The molecular weight excluding hydrogens is 250 g/mol. The zero-order valence-corrected chi connectivity index (χ0v) is 13.6. The lowest BCUT2D eigenvalue weighted by atomic mass is 10.2. The molecule has 0 aliphatic carbocycles. The van der Waals surface area contributed by atoms with E-state index < -0.39 is 0 Å². The van der Waals surface area contributed by atoms with Crippen molar-refractivity contribution in [2.24, 2.45) is 4.99 Å². The van der Waals surface area contributed by atoms with Gasteiger partial charge >= 0.3 is 0 Å². The quantitative estimate of drug-likeness (QED) is 0.439. The molecule has 0 saturated carbocycles. The van der Waals surface area contributed by atoms with E-state index in [0.29, 0.717) is 5.90 Å². The molecule has 0 fully saturated rings. The third-order valence-corrected chi connectivity index (χ3v) is 2.53. The fourth-order valence-electron chi connectivity index (χ4n) is 1.60. The maximum absolute atomic E-state index is 5.83. The first kappa shape index (κ1) is 18.2. The van der Waals surface area contributed by atoms with E-state index in [-0.39, 0.29) is 0 Å². The summed E-state index contributed by atoms with van der Waals surface area (Å²) < 4.78 is 11.0. The molecule has 3 heteroatoms. The van der Waals surface area contributed by atoms with Crippen molar-refractivity contribution >= 4 is 5.90 Å². The van der Waals surface area contributed by atoms with Gasteiger partial charge in [0.1, 0.15) is 11.5 Å². The number of hydrogen-bond donors (Lipinski definition) is 0. The minimum atomic E-state index is 0.621. The number of aliphatic imine (C=N–C) groups is 1. The number of rotatable bonds is 5. The average molecular weight is 277 g/mol. The molecule has 0 N–H and O–H groups in total.